The van der Waals surface area contributed by atoms with Crippen molar-refractivity contribution in [2.24, 2.45) is 0 Å². The molecule has 0 unspecified atom stereocenters. The van der Waals surface area contributed by atoms with Gasteiger partial charge in [-0.3, -0.25) is 9.78 Å². The first-order valence-electron chi connectivity index (χ1n) is 2.37. The average molecular weight is 157 g/mol. The van der Waals surface area contributed by atoms with E-state index in [0.29, 0.717) is 4.88 Å². The molecule has 0 aliphatic heterocycles. The normalized spacial score (nSPS) is 8.80. The molecule has 0 aliphatic rings. The Morgan fingerprint density at radius 3 is 3.10 bits per heavy atom. The van der Waals surface area contributed by atoms with Crippen LogP contribution >= 0.6 is 11.3 Å². The maximum Gasteiger partial charge on any atom is 0.357 e. The van der Waals surface area contributed by atoms with Gasteiger partial charge in [0.1, 0.15) is 4.88 Å². The first kappa shape index (κ1) is 6.88. The van der Waals surface area contributed by atoms with Crippen LogP contribution in [0.2, 0.25) is 0 Å². The lowest BCUT2D eigenvalue weighted by Gasteiger charge is -1.87. The standard InChI is InChI=1S/C5H3NO3S/c7-3-9-5(8)4-1-6-2-10-4/h1-3H. The maximum atomic E-state index is 10.6. The summed E-state index contributed by atoms with van der Waals surface area (Å²) < 4.78 is 4.04. The number of nitrogens with zero attached hydrogens (tertiary/aromatic N) is 1. The SMILES string of the molecule is O=COC(=O)c1cncs1. The second kappa shape index (κ2) is 3.07. The van der Waals surface area contributed by atoms with Crippen LogP contribution in [0.3, 0.4) is 0 Å². The molecule has 0 aromatic carbocycles. The summed E-state index contributed by atoms with van der Waals surface area (Å²) in [6.45, 7) is 0.0993. The van der Waals surface area contributed by atoms with Crippen molar-refractivity contribution in [1.82, 2.24) is 4.98 Å². The van der Waals surface area contributed by atoms with Crippen LogP contribution in [0, 0.1) is 0 Å². The van der Waals surface area contributed by atoms with E-state index in [1.807, 2.05) is 0 Å². The summed E-state index contributed by atoms with van der Waals surface area (Å²) in [5.41, 5.74) is 1.49. The van der Waals surface area contributed by atoms with E-state index in [4.69, 9.17) is 0 Å². The zero-order valence-electron chi connectivity index (χ0n) is 4.81. The molecule has 0 saturated carbocycles. The first-order chi connectivity index (χ1) is 4.84. The third kappa shape index (κ3) is 1.38. The molecule has 0 bridgehead atoms. The van der Waals surface area contributed by atoms with E-state index in [-0.39, 0.29) is 6.47 Å². The molecule has 0 atom stereocenters. The number of carbonyl (C=O) groups is 2. The lowest BCUT2D eigenvalue weighted by molar-refractivity contribution is -0.123. The molecule has 1 aromatic rings. The minimum absolute atomic E-state index is 0.0993. The fourth-order valence-corrected chi connectivity index (χ4v) is 0.920. The van der Waals surface area contributed by atoms with E-state index < -0.39 is 5.97 Å². The number of carbonyl (C=O) groups excluding carboxylic acids is 2. The molecule has 10 heavy (non-hydrogen) atoms. The predicted molar refractivity (Wildman–Crippen MR) is 33.6 cm³/mol. The zero-order chi connectivity index (χ0) is 7.40. The van der Waals surface area contributed by atoms with Gasteiger partial charge >= 0.3 is 12.4 Å². The van der Waals surface area contributed by atoms with E-state index in [1.165, 1.54) is 11.7 Å². The summed E-state index contributed by atoms with van der Waals surface area (Å²) in [5.74, 6) is -0.655. The number of rotatable bonds is 2. The molecule has 0 aliphatic carbocycles. The molecular formula is C5H3NO3S. The Hall–Kier alpha value is -1.23. The molecule has 0 amide bonds. The van der Waals surface area contributed by atoms with Crippen molar-refractivity contribution in [2.75, 3.05) is 0 Å². The second-order valence-electron chi connectivity index (χ2n) is 1.37. The van der Waals surface area contributed by atoms with Crippen LogP contribution in [-0.2, 0) is 9.53 Å². The monoisotopic (exact) mass is 157 g/mol. The highest BCUT2D eigenvalue weighted by Crippen LogP contribution is 2.05. The van der Waals surface area contributed by atoms with Crippen molar-refractivity contribution in [1.29, 1.82) is 0 Å². The summed E-state index contributed by atoms with van der Waals surface area (Å²) in [6, 6.07) is 0. The first-order valence-corrected chi connectivity index (χ1v) is 3.25. The molecule has 1 rings (SSSR count). The van der Waals surface area contributed by atoms with Gasteiger partial charge in [0, 0.05) is 0 Å². The molecule has 1 aromatic heterocycles. The van der Waals surface area contributed by atoms with Gasteiger partial charge in [-0.05, 0) is 0 Å². The van der Waals surface area contributed by atoms with Crippen molar-refractivity contribution >= 4 is 23.8 Å². The van der Waals surface area contributed by atoms with Crippen molar-refractivity contribution in [2.45, 2.75) is 0 Å². The maximum absolute atomic E-state index is 10.6. The van der Waals surface area contributed by atoms with Crippen LogP contribution in [-0.4, -0.2) is 17.4 Å². The van der Waals surface area contributed by atoms with Gasteiger partial charge in [0.15, 0.2) is 0 Å². The molecular weight excluding hydrogens is 154 g/mol. The lowest BCUT2D eigenvalue weighted by atomic mass is 10.6. The largest absolute Gasteiger partial charge is 0.391 e. The van der Waals surface area contributed by atoms with E-state index in [9.17, 15) is 9.59 Å². The average Bonchev–Trinajstić information content (AvgIpc) is 2.38. The van der Waals surface area contributed by atoms with Gasteiger partial charge in [0.25, 0.3) is 0 Å². The molecule has 1 heterocycles. The quantitative estimate of drug-likeness (QED) is 0.355. The Labute approximate surface area is 60.5 Å². The van der Waals surface area contributed by atoms with Gasteiger partial charge < -0.3 is 4.74 Å². The fourth-order valence-electron chi connectivity index (χ4n) is 0.418. The Morgan fingerprint density at radius 1 is 1.80 bits per heavy atom. The van der Waals surface area contributed by atoms with Crippen LogP contribution in [0.15, 0.2) is 11.7 Å². The lowest BCUT2D eigenvalue weighted by Crippen LogP contribution is -1.99. The van der Waals surface area contributed by atoms with E-state index in [1.54, 1.807) is 0 Å². The molecule has 4 nitrogen and oxygen atoms in total. The topological polar surface area (TPSA) is 56.3 Å². The van der Waals surface area contributed by atoms with Crippen molar-refractivity contribution in [3.8, 4) is 0 Å². The van der Waals surface area contributed by atoms with Gasteiger partial charge in [-0.15, -0.1) is 11.3 Å². The summed E-state index contributed by atoms with van der Waals surface area (Å²) in [7, 11) is 0. The summed E-state index contributed by atoms with van der Waals surface area (Å²) in [4.78, 5) is 24.2. The molecule has 0 fully saturated rings. The van der Waals surface area contributed by atoms with Crippen LogP contribution in [0.25, 0.3) is 0 Å². The van der Waals surface area contributed by atoms with Gasteiger partial charge in [0.2, 0.25) is 0 Å². The number of ether oxygens (including phenoxy) is 1. The summed E-state index contributed by atoms with van der Waals surface area (Å²) in [6.07, 6.45) is 1.34. The predicted octanol–water partition coefficient (Wildman–Crippen LogP) is 0.456. The van der Waals surface area contributed by atoms with Crippen molar-refractivity contribution < 1.29 is 14.3 Å². The van der Waals surface area contributed by atoms with E-state index in [0.717, 1.165) is 11.3 Å². The number of esters is 1. The molecule has 0 N–H and O–H groups in total. The molecule has 5 heteroatoms. The van der Waals surface area contributed by atoms with Crippen molar-refractivity contribution in [3.63, 3.8) is 0 Å². The number of hydrogen-bond donors (Lipinski definition) is 0. The number of thiazole rings is 1. The fraction of sp³-hybridized carbons (Fsp3) is 0. The molecule has 0 radical (unpaired) electrons. The Bertz CT molecular complexity index is 231. The van der Waals surface area contributed by atoms with Crippen LogP contribution < -0.4 is 0 Å². The summed E-state index contributed by atoms with van der Waals surface area (Å²) in [5, 5.41) is 0. The highest BCUT2D eigenvalue weighted by molar-refractivity contribution is 7.11. The minimum atomic E-state index is -0.655. The molecule has 0 saturated heterocycles. The smallest absolute Gasteiger partial charge is 0.357 e. The highest BCUT2D eigenvalue weighted by atomic mass is 32.1. The van der Waals surface area contributed by atoms with Crippen LogP contribution in [0.1, 0.15) is 9.67 Å². The minimum Gasteiger partial charge on any atom is -0.391 e. The molecule has 0 spiro atoms. The zero-order valence-corrected chi connectivity index (χ0v) is 5.63. The van der Waals surface area contributed by atoms with Gasteiger partial charge in [-0.1, -0.05) is 0 Å². The Morgan fingerprint density at radius 2 is 2.60 bits per heavy atom. The Kier molecular flexibility index (Phi) is 2.11. The number of aromatic nitrogens is 1. The van der Waals surface area contributed by atoms with Crippen molar-refractivity contribution in [3.05, 3.63) is 16.6 Å². The van der Waals surface area contributed by atoms with Crippen LogP contribution in [0.5, 0.6) is 0 Å². The highest BCUT2D eigenvalue weighted by Gasteiger charge is 2.06. The molecule has 52 valence electrons. The van der Waals surface area contributed by atoms with Gasteiger partial charge in [0.05, 0.1) is 11.7 Å². The third-order valence-corrected chi connectivity index (χ3v) is 1.54. The Balaban J connectivity index is 2.68. The van der Waals surface area contributed by atoms with Gasteiger partial charge in [-0.25, -0.2) is 4.79 Å². The van der Waals surface area contributed by atoms with Crippen LogP contribution in [0.4, 0.5) is 0 Å². The number of hydrogen-bond acceptors (Lipinski definition) is 5. The summed E-state index contributed by atoms with van der Waals surface area (Å²) >= 11 is 1.13. The second-order valence-corrected chi connectivity index (χ2v) is 2.25. The third-order valence-electron chi connectivity index (χ3n) is 0.789. The van der Waals surface area contributed by atoms with E-state index >= 15 is 0 Å². The van der Waals surface area contributed by atoms with E-state index in [2.05, 4.69) is 9.72 Å². The van der Waals surface area contributed by atoms with Gasteiger partial charge in [-0.2, -0.15) is 0 Å².